The zero-order valence-corrected chi connectivity index (χ0v) is 11.5. The van der Waals surface area contributed by atoms with E-state index in [9.17, 15) is 4.79 Å². The van der Waals surface area contributed by atoms with Crippen molar-refractivity contribution < 1.29 is 4.79 Å². The standard InChI is InChI=1S/C14H27N3O/c1-10-4-3-7-17(13(10)9-15)14(18)8-11-5-2-6-12(11)16/h10-13H,2-9,15-16H2,1H3/t10?,11-,12+,13?/m0/s1. The molecule has 1 saturated carbocycles. The fourth-order valence-electron chi connectivity index (χ4n) is 3.58. The highest BCUT2D eigenvalue weighted by Gasteiger charge is 2.33. The van der Waals surface area contributed by atoms with E-state index in [0.717, 1.165) is 25.8 Å². The summed E-state index contributed by atoms with van der Waals surface area (Å²) < 4.78 is 0. The number of carbonyl (C=O) groups excluding carboxylic acids is 1. The smallest absolute Gasteiger partial charge is 0.223 e. The predicted octanol–water partition coefficient (Wildman–Crippen LogP) is 1.09. The van der Waals surface area contributed by atoms with Gasteiger partial charge in [-0.15, -0.1) is 0 Å². The number of hydrogen-bond acceptors (Lipinski definition) is 3. The summed E-state index contributed by atoms with van der Waals surface area (Å²) in [6, 6.07) is 0.469. The highest BCUT2D eigenvalue weighted by molar-refractivity contribution is 5.77. The van der Waals surface area contributed by atoms with Gasteiger partial charge in [0.15, 0.2) is 0 Å². The van der Waals surface area contributed by atoms with Gasteiger partial charge in [-0.1, -0.05) is 13.3 Å². The Bertz CT molecular complexity index is 295. The predicted molar refractivity (Wildman–Crippen MR) is 72.9 cm³/mol. The van der Waals surface area contributed by atoms with Crippen molar-refractivity contribution >= 4 is 5.91 Å². The third-order valence-electron chi connectivity index (χ3n) is 4.83. The molecule has 0 aromatic rings. The van der Waals surface area contributed by atoms with Crippen LogP contribution in [0.1, 0.15) is 45.4 Å². The second-order valence-corrected chi connectivity index (χ2v) is 6.07. The summed E-state index contributed by atoms with van der Waals surface area (Å²) in [5, 5.41) is 0. The number of carbonyl (C=O) groups is 1. The third kappa shape index (κ3) is 2.86. The Morgan fingerprint density at radius 2 is 2.06 bits per heavy atom. The lowest BCUT2D eigenvalue weighted by Crippen LogP contribution is -2.52. The topological polar surface area (TPSA) is 72.3 Å². The van der Waals surface area contributed by atoms with Gasteiger partial charge < -0.3 is 16.4 Å². The molecule has 0 aromatic heterocycles. The van der Waals surface area contributed by atoms with Gasteiger partial charge in [0.05, 0.1) is 0 Å². The molecule has 1 saturated heterocycles. The van der Waals surface area contributed by atoms with E-state index >= 15 is 0 Å². The van der Waals surface area contributed by atoms with Gasteiger partial charge in [0.2, 0.25) is 5.91 Å². The quantitative estimate of drug-likeness (QED) is 0.791. The van der Waals surface area contributed by atoms with Crippen LogP contribution in [0.15, 0.2) is 0 Å². The Labute approximate surface area is 110 Å². The first kappa shape index (κ1) is 13.8. The lowest BCUT2D eigenvalue weighted by molar-refractivity contribution is -0.137. The van der Waals surface area contributed by atoms with Crippen LogP contribution < -0.4 is 11.5 Å². The Hall–Kier alpha value is -0.610. The molecule has 0 spiro atoms. The van der Waals surface area contributed by atoms with E-state index in [2.05, 4.69) is 6.92 Å². The molecule has 1 amide bonds. The third-order valence-corrected chi connectivity index (χ3v) is 4.83. The Balaban J connectivity index is 1.94. The van der Waals surface area contributed by atoms with Gasteiger partial charge in [-0.25, -0.2) is 0 Å². The number of amides is 1. The van der Waals surface area contributed by atoms with Crippen LogP contribution in [0.5, 0.6) is 0 Å². The monoisotopic (exact) mass is 253 g/mol. The summed E-state index contributed by atoms with van der Waals surface area (Å²) in [5.74, 6) is 1.21. The number of piperidine rings is 1. The van der Waals surface area contributed by atoms with Crippen LogP contribution in [0.3, 0.4) is 0 Å². The molecule has 2 unspecified atom stereocenters. The molecule has 4 N–H and O–H groups in total. The van der Waals surface area contributed by atoms with E-state index in [0.29, 0.717) is 24.8 Å². The molecule has 1 heterocycles. The van der Waals surface area contributed by atoms with Gasteiger partial charge in [0, 0.05) is 31.6 Å². The van der Waals surface area contributed by atoms with Crippen molar-refractivity contribution in [2.24, 2.45) is 23.3 Å². The molecule has 0 bridgehead atoms. The molecule has 0 radical (unpaired) electrons. The molecule has 104 valence electrons. The Kier molecular flexibility index (Phi) is 4.62. The minimum absolute atomic E-state index is 0.229. The van der Waals surface area contributed by atoms with E-state index in [1.165, 1.54) is 12.8 Å². The molecule has 4 atom stereocenters. The summed E-state index contributed by atoms with van der Waals surface area (Å²) in [6.07, 6.45) is 6.30. The van der Waals surface area contributed by atoms with Crippen LogP contribution in [0.4, 0.5) is 0 Å². The van der Waals surface area contributed by atoms with Crippen molar-refractivity contribution in [1.29, 1.82) is 0 Å². The first-order chi connectivity index (χ1) is 8.63. The van der Waals surface area contributed by atoms with E-state index in [1.54, 1.807) is 0 Å². The van der Waals surface area contributed by atoms with Crippen LogP contribution in [-0.2, 0) is 4.79 Å². The molecule has 1 aliphatic carbocycles. The molecule has 2 aliphatic rings. The maximum absolute atomic E-state index is 12.4. The molecule has 2 fully saturated rings. The fourth-order valence-corrected chi connectivity index (χ4v) is 3.58. The fraction of sp³-hybridized carbons (Fsp3) is 0.929. The Morgan fingerprint density at radius 3 is 2.67 bits per heavy atom. The van der Waals surface area contributed by atoms with Gasteiger partial charge in [-0.05, 0) is 37.5 Å². The number of nitrogens with two attached hydrogens (primary N) is 2. The van der Waals surface area contributed by atoms with E-state index in [-0.39, 0.29) is 18.0 Å². The summed E-state index contributed by atoms with van der Waals surface area (Å²) in [6.45, 7) is 3.68. The van der Waals surface area contributed by atoms with E-state index in [4.69, 9.17) is 11.5 Å². The SMILES string of the molecule is CC1CCCN(C(=O)C[C@@H]2CCC[C@H]2N)C1CN. The van der Waals surface area contributed by atoms with Crippen molar-refractivity contribution in [3.63, 3.8) is 0 Å². The molecular formula is C14H27N3O. The average molecular weight is 253 g/mol. The normalized spacial score (nSPS) is 36.9. The Morgan fingerprint density at radius 1 is 1.28 bits per heavy atom. The summed E-state index contributed by atoms with van der Waals surface area (Å²) in [7, 11) is 0. The molecule has 2 rings (SSSR count). The zero-order valence-electron chi connectivity index (χ0n) is 11.5. The molecule has 1 aliphatic heterocycles. The summed E-state index contributed by atoms with van der Waals surface area (Å²) in [4.78, 5) is 14.5. The minimum Gasteiger partial charge on any atom is -0.338 e. The lowest BCUT2D eigenvalue weighted by Gasteiger charge is -2.40. The largest absolute Gasteiger partial charge is 0.338 e. The number of likely N-dealkylation sites (tertiary alicyclic amines) is 1. The summed E-state index contributed by atoms with van der Waals surface area (Å²) >= 11 is 0. The van der Waals surface area contributed by atoms with Crippen LogP contribution in [-0.4, -0.2) is 36.0 Å². The lowest BCUT2D eigenvalue weighted by atomic mass is 9.89. The van der Waals surface area contributed by atoms with E-state index < -0.39 is 0 Å². The van der Waals surface area contributed by atoms with Gasteiger partial charge in [-0.3, -0.25) is 4.79 Å². The van der Waals surface area contributed by atoms with Crippen molar-refractivity contribution in [1.82, 2.24) is 4.90 Å². The second kappa shape index (κ2) is 6.02. The first-order valence-corrected chi connectivity index (χ1v) is 7.38. The van der Waals surface area contributed by atoms with E-state index in [1.807, 2.05) is 4.90 Å². The zero-order chi connectivity index (χ0) is 13.1. The molecule has 0 aromatic carbocycles. The van der Waals surface area contributed by atoms with Gasteiger partial charge in [0.1, 0.15) is 0 Å². The number of hydrogen-bond donors (Lipinski definition) is 2. The van der Waals surface area contributed by atoms with Crippen LogP contribution >= 0.6 is 0 Å². The number of rotatable bonds is 3. The second-order valence-electron chi connectivity index (χ2n) is 6.07. The number of nitrogens with zero attached hydrogens (tertiary/aromatic N) is 1. The first-order valence-electron chi connectivity index (χ1n) is 7.38. The van der Waals surface area contributed by atoms with Crippen molar-refractivity contribution in [3.05, 3.63) is 0 Å². The van der Waals surface area contributed by atoms with Gasteiger partial charge in [-0.2, -0.15) is 0 Å². The molecule has 4 nitrogen and oxygen atoms in total. The van der Waals surface area contributed by atoms with Crippen molar-refractivity contribution in [2.45, 2.75) is 57.5 Å². The van der Waals surface area contributed by atoms with Crippen LogP contribution in [0, 0.1) is 11.8 Å². The summed E-state index contributed by atoms with van der Waals surface area (Å²) in [5.41, 5.74) is 11.9. The minimum atomic E-state index is 0.229. The van der Waals surface area contributed by atoms with Gasteiger partial charge in [0.25, 0.3) is 0 Å². The van der Waals surface area contributed by atoms with Crippen molar-refractivity contribution in [3.8, 4) is 0 Å². The van der Waals surface area contributed by atoms with Crippen LogP contribution in [0.2, 0.25) is 0 Å². The van der Waals surface area contributed by atoms with Crippen molar-refractivity contribution in [2.75, 3.05) is 13.1 Å². The molecule has 18 heavy (non-hydrogen) atoms. The molecule has 4 heteroatoms. The highest BCUT2D eigenvalue weighted by atomic mass is 16.2. The maximum Gasteiger partial charge on any atom is 0.223 e. The maximum atomic E-state index is 12.4. The average Bonchev–Trinajstić information content (AvgIpc) is 2.74. The highest BCUT2D eigenvalue weighted by Crippen LogP contribution is 2.29. The van der Waals surface area contributed by atoms with Gasteiger partial charge >= 0.3 is 0 Å². The van der Waals surface area contributed by atoms with Crippen LogP contribution in [0.25, 0.3) is 0 Å². The molecular weight excluding hydrogens is 226 g/mol.